The maximum Gasteiger partial charge on any atom is 0.347 e. The Hall–Kier alpha value is -1.26. The molecule has 6 saturated carbocycles. The van der Waals surface area contributed by atoms with Gasteiger partial charge in [-0.05, 0) is 71.0 Å². The maximum absolute atomic E-state index is 13.6. The van der Waals surface area contributed by atoms with Gasteiger partial charge in [0, 0.05) is 6.04 Å². The predicted octanol–water partition coefficient (Wildman–Crippen LogP) is 2.44. The molecule has 0 amide bonds. The molecule has 11 atom stereocenters. The van der Waals surface area contributed by atoms with Gasteiger partial charge >= 0.3 is 11.4 Å². The number of aromatic nitrogens is 3. The van der Waals surface area contributed by atoms with Gasteiger partial charge in [0.25, 0.3) is 0 Å². The van der Waals surface area contributed by atoms with Crippen LogP contribution in [0.1, 0.15) is 65.1 Å². The summed E-state index contributed by atoms with van der Waals surface area (Å²) < 4.78 is 5.67. The molecule has 9 rings (SSSR count). The van der Waals surface area contributed by atoms with E-state index in [1.807, 2.05) is 9.36 Å². The van der Waals surface area contributed by atoms with E-state index >= 15 is 0 Å². The van der Waals surface area contributed by atoms with E-state index in [4.69, 9.17) is 0 Å². The fourth-order valence-corrected chi connectivity index (χ4v) is 10.2. The largest absolute Gasteiger partial charge is 0.347 e. The molecule has 2 aliphatic heterocycles. The zero-order valence-electron chi connectivity index (χ0n) is 16.0. The Bertz CT molecular complexity index is 1060. The van der Waals surface area contributed by atoms with E-state index in [9.17, 15) is 9.59 Å². The number of hydrogen-bond acceptors (Lipinski definition) is 2. The molecule has 5 nitrogen and oxygen atoms in total. The molecule has 0 saturated heterocycles. The summed E-state index contributed by atoms with van der Waals surface area (Å²) in [4.78, 5) is 27.2. The second-order valence-corrected chi connectivity index (χ2v) is 11.8. The highest BCUT2D eigenvalue weighted by Gasteiger charge is 2.95. The van der Waals surface area contributed by atoms with Crippen LogP contribution in [0.3, 0.4) is 0 Å². The van der Waals surface area contributed by atoms with Gasteiger partial charge in [0.15, 0.2) is 0 Å². The molecule has 8 aliphatic rings. The van der Waals surface area contributed by atoms with E-state index < -0.39 is 0 Å². The first-order chi connectivity index (χ1) is 12.3. The lowest BCUT2D eigenvalue weighted by Gasteiger charge is -2.41. The van der Waals surface area contributed by atoms with E-state index in [1.54, 1.807) is 4.57 Å². The Morgan fingerprint density at radius 3 is 2.23 bits per heavy atom. The molecular weight excluding hydrogens is 326 g/mol. The first-order valence-electron chi connectivity index (χ1n) is 10.7. The van der Waals surface area contributed by atoms with Crippen LogP contribution >= 0.6 is 0 Å². The summed E-state index contributed by atoms with van der Waals surface area (Å²) in [5.41, 5.74) is 0.665. The summed E-state index contributed by atoms with van der Waals surface area (Å²) in [6, 6.07) is 0.748. The summed E-state index contributed by atoms with van der Waals surface area (Å²) >= 11 is 0. The van der Waals surface area contributed by atoms with Crippen molar-refractivity contribution >= 4 is 0 Å². The molecule has 1 aromatic rings. The molecule has 26 heavy (non-hydrogen) atoms. The summed E-state index contributed by atoms with van der Waals surface area (Å²) in [5.74, 6) is 4.40. The van der Waals surface area contributed by atoms with Crippen LogP contribution in [0.5, 0.6) is 0 Å². The SMILES string of the molecule is CC1(C)[C@@H]2CC[C@]1(C)[C@H](n1c(=O)n3n(c1=O)[C@@H]1[C@H]4[C@H]5[C@H]4[C@@H]4[C@@H]([C@@H]53)[C@@]41C)C2. The highest BCUT2D eigenvalue weighted by atomic mass is 16.2. The lowest BCUT2D eigenvalue weighted by molar-refractivity contribution is 0.0636. The zero-order valence-corrected chi connectivity index (χ0v) is 16.0. The van der Waals surface area contributed by atoms with E-state index in [0.717, 1.165) is 30.6 Å². The normalized spacial score (nSPS) is 62.7. The van der Waals surface area contributed by atoms with Crippen molar-refractivity contribution in [3.8, 4) is 0 Å². The molecule has 3 heterocycles. The summed E-state index contributed by atoms with van der Waals surface area (Å²) in [6.07, 6.45) is 3.41. The Labute approximate surface area is 152 Å². The first-order valence-corrected chi connectivity index (χ1v) is 10.7. The summed E-state index contributed by atoms with van der Waals surface area (Å²) in [6.45, 7) is 9.47. The second-order valence-electron chi connectivity index (χ2n) is 11.8. The van der Waals surface area contributed by atoms with Crippen LogP contribution in [-0.4, -0.2) is 13.9 Å². The third kappa shape index (κ3) is 0.926. The lowest BCUT2D eigenvalue weighted by Crippen LogP contribution is -2.48. The average Bonchev–Trinajstić information content (AvgIpc) is 3.26. The van der Waals surface area contributed by atoms with Crippen LogP contribution in [0.15, 0.2) is 9.59 Å². The average molecular weight is 353 g/mol. The molecule has 6 aliphatic carbocycles. The maximum atomic E-state index is 13.6. The predicted molar refractivity (Wildman–Crippen MR) is 94.8 cm³/mol. The number of nitrogens with zero attached hydrogens (tertiary/aromatic N) is 3. The summed E-state index contributed by atoms with van der Waals surface area (Å²) in [7, 11) is 0. The van der Waals surface area contributed by atoms with Crippen LogP contribution in [0, 0.1) is 51.8 Å². The van der Waals surface area contributed by atoms with Gasteiger partial charge in [0.1, 0.15) is 0 Å². The topological polar surface area (TPSA) is 48.9 Å². The minimum absolute atomic E-state index is 0.0240. The Balaban J connectivity index is 1.38. The van der Waals surface area contributed by atoms with Gasteiger partial charge in [0.2, 0.25) is 0 Å². The highest BCUT2D eigenvalue weighted by Crippen LogP contribution is 2.96. The van der Waals surface area contributed by atoms with Gasteiger partial charge < -0.3 is 0 Å². The monoisotopic (exact) mass is 353 g/mol. The van der Waals surface area contributed by atoms with Crippen LogP contribution in [0.25, 0.3) is 0 Å². The Morgan fingerprint density at radius 2 is 1.65 bits per heavy atom. The molecule has 4 bridgehead atoms. The first kappa shape index (κ1) is 13.8. The standard InChI is InChI=1S/C21H27N3O2/c1-19(2)8-5-6-20(19,3)9(7-8)22-17(25)23-15-11-10-12(11)16(24(23)18(22)26)21(4)13(10)14(15)21/h8-16H,5-7H2,1-4H3/t8-,9-,10-,11-,12-,13-,14+,15-,16-,20-,21-/m1/s1. The van der Waals surface area contributed by atoms with Crippen molar-refractivity contribution < 1.29 is 0 Å². The van der Waals surface area contributed by atoms with Crippen molar-refractivity contribution in [1.29, 1.82) is 0 Å². The Kier molecular flexibility index (Phi) is 1.71. The van der Waals surface area contributed by atoms with Gasteiger partial charge in [-0.1, -0.05) is 27.7 Å². The molecule has 0 radical (unpaired) electrons. The fourth-order valence-electron chi connectivity index (χ4n) is 10.2. The molecule has 1 aromatic heterocycles. The van der Waals surface area contributed by atoms with Crippen LogP contribution < -0.4 is 11.4 Å². The third-order valence-corrected chi connectivity index (χ3v) is 11.7. The second kappa shape index (κ2) is 3.22. The lowest BCUT2D eigenvalue weighted by atomic mass is 9.69. The van der Waals surface area contributed by atoms with Gasteiger partial charge in [-0.25, -0.2) is 23.5 Å². The number of fused-ring (bicyclic) bond motifs is 2. The molecule has 0 spiro atoms. The number of hydrogen-bond donors (Lipinski definition) is 0. The van der Waals surface area contributed by atoms with Gasteiger partial charge in [-0.15, -0.1) is 0 Å². The number of rotatable bonds is 1. The highest BCUT2D eigenvalue weighted by molar-refractivity contribution is 5.42. The van der Waals surface area contributed by atoms with Crippen LogP contribution in [0.2, 0.25) is 0 Å². The minimum atomic E-state index is 0.0240. The van der Waals surface area contributed by atoms with Crippen molar-refractivity contribution in [2.24, 2.45) is 51.8 Å². The smallest absolute Gasteiger partial charge is 0.246 e. The van der Waals surface area contributed by atoms with Gasteiger partial charge in [-0.3, -0.25) is 0 Å². The van der Waals surface area contributed by atoms with Crippen LogP contribution in [-0.2, 0) is 0 Å². The molecule has 0 unspecified atom stereocenters. The van der Waals surface area contributed by atoms with Gasteiger partial charge in [0.05, 0.1) is 12.1 Å². The quantitative estimate of drug-likeness (QED) is 0.779. The van der Waals surface area contributed by atoms with Crippen molar-refractivity contribution in [3.05, 3.63) is 21.0 Å². The van der Waals surface area contributed by atoms with Gasteiger partial charge in [-0.2, -0.15) is 0 Å². The van der Waals surface area contributed by atoms with Crippen molar-refractivity contribution in [3.63, 3.8) is 0 Å². The van der Waals surface area contributed by atoms with E-state index in [-0.39, 0.29) is 28.3 Å². The minimum Gasteiger partial charge on any atom is -0.246 e. The Morgan fingerprint density at radius 1 is 0.923 bits per heavy atom. The molecule has 0 aromatic carbocycles. The fraction of sp³-hybridized carbons (Fsp3) is 0.905. The van der Waals surface area contributed by atoms with E-state index in [1.165, 1.54) is 6.42 Å². The van der Waals surface area contributed by atoms with Crippen molar-refractivity contribution in [2.75, 3.05) is 0 Å². The zero-order chi connectivity index (χ0) is 17.7. The van der Waals surface area contributed by atoms with E-state index in [0.29, 0.717) is 35.3 Å². The molecule has 138 valence electrons. The van der Waals surface area contributed by atoms with Crippen molar-refractivity contribution in [2.45, 2.75) is 65.1 Å². The van der Waals surface area contributed by atoms with Crippen molar-refractivity contribution in [1.82, 2.24) is 13.9 Å². The molecule has 0 N–H and O–H groups in total. The molecule has 6 fully saturated rings. The summed E-state index contributed by atoms with van der Waals surface area (Å²) in [5, 5.41) is 0. The molecular formula is C21H27N3O2. The van der Waals surface area contributed by atoms with Crippen LogP contribution in [0.4, 0.5) is 0 Å². The molecule has 5 heteroatoms. The third-order valence-electron chi connectivity index (χ3n) is 11.7. The van der Waals surface area contributed by atoms with E-state index in [2.05, 4.69) is 27.7 Å².